The molecular weight excluding hydrogens is 446 g/mol. The molecule has 0 heterocycles. The number of hydrogen-bond donors (Lipinski definition) is 4. The molecule has 6 nitrogen and oxygen atoms in total. The molecule has 2 unspecified atom stereocenters. The van der Waals surface area contributed by atoms with E-state index < -0.39 is 27.6 Å². The average Bonchev–Trinajstić information content (AvgIpc) is 2.93. The van der Waals surface area contributed by atoms with Crippen LogP contribution in [0.25, 0.3) is 0 Å². The Morgan fingerprint density at radius 3 is 2.37 bits per heavy atom. The van der Waals surface area contributed by atoms with Crippen molar-refractivity contribution in [3.05, 3.63) is 0 Å². The van der Waals surface area contributed by atoms with Crippen molar-refractivity contribution in [2.45, 2.75) is 93.9 Å². The third kappa shape index (κ3) is 2.69. The second-order valence-corrected chi connectivity index (χ2v) is 12.2. The van der Waals surface area contributed by atoms with Gasteiger partial charge >= 0.3 is 0 Å². The number of ether oxygens (including phenoxy) is 1. The van der Waals surface area contributed by atoms with Gasteiger partial charge in [-0.2, -0.15) is 0 Å². The summed E-state index contributed by atoms with van der Waals surface area (Å²) in [7, 11) is 1.72. The highest BCUT2D eigenvalue weighted by atomic mass is 79.9. The van der Waals surface area contributed by atoms with E-state index in [4.69, 9.17) is 21.9 Å². The zero-order valence-electron chi connectivity index (χ0n) is 18.8. The summed E-state index contributed by atoms with van der Waals surface area (Å²) in [5.41, 5.74) is 18.8. The van der Waals surface area contributed by atoms with Crippen LogP contribution in [0.2, 0.25) is 0 Å². The van der Waals surface area contributed by atoms with E-state index in [2.05, 4.69) is 22.9 Å². The van der Waals surface area contributed by atoms with Crippen LogP contribution in [-0.4, -0.2) is 52.2 Å². The normalized spacial score (nSPS) is 55.5. The minimum Gasteiger partial charge on any atom is -0.390 e. The molecule has 0 bridgehead atoms. The summed E-state index contributed by atoms with van der Waals surface area (Å²) in [6.45, 7) is 4.61. The smallest absolute Gasteiger partial charge is 0.147 e. The molecule has 8 atom stereocenters. The van der Waals surface area contributed by atoms with Crippen molar-refractivity contribution in [1.82, 2.24) is 0 Å². The van der Waals surface area contributed by atoms with Crippen molar-refractivity contribution < 1.29 is 14.6 Å². The molecule has 4 aliphatic rings. The molecule has 0 saturated heterocycles. The van der Waals surface area contributed by atoms with Crippen LogP contribution in [-0.2, 0) is 9.53 Å². The number of carbonyl (C=O) groups is 1. The maximum atomic E-state index is 12.8. The summed E-state index contributed by atoms with van der Waals surface area (Å²) in [6.07, 6.45) is 6.86. The van der Waals surface area contributed by atoms with Crippen molar-refractivity contribution in [2.75, 3.05) is 19.0 Å². The molecule has 7 N–H and O–H groups in total. The highest BCUT2D eigenvalue weighted by molar-refractivity contribution is 9.09. The van der Waals surface area contributed by atoms with Gasteiger partial charge in [0.1, 0.15) is 5.78 Å². The molecule has 0 amide bonds. The zero-order chi connectivity index (χ0) is 22.2. The lowest BCUT2D eigenvalue weighted by Gasteiger charge is -2.72. The Balaban J connectivity index is 1.80. The number of ketones is 1. The van der Waals surface area contributed by atoms with E-state index in [1.54, 1.807) is 7.11 Å². The molecule has 30 heavy (non-hydrogen) atoms. The van der Waals surface area contributed by atoms with E-state index in [-0.39, 0.29) is 23.0 Å². The van der Waals surface area contributed by atoms with Gasteiger partial charge in [0.25, 0.3) is 0 Å². The van der Waals surface area contributed by atoms with E-state index in [0.717, 1.165) is 44.9 Å². The van der Waals surface area contributed by atoms with E-state index in [1.165, 1.54) is 0 Å². The summed E-state index contributed by atoms with van der Waals surface area (Å²) in [6, 6.07) is 0. The Bertz CT molecular complexity index is 734. The number of carbonyl (C=O) groups excluding carboxylic acids is 1. The molecule has 0 aromatic heterocycles. The fourth-order valence-corrected chi connectivity index (χ4v) is 9.17. The molecule has 4 aliphatic carbocycles. The van der Waals surface area contributed by atoms with Crippen LogP contribution in [0.3, 0.4) is 0 Å². The molecule has 4 rings (SSSR count). The second kappa shape index (κ2) is 6.97. The van der Waals surface area contributed by atoms with Gasteiger partial charge in [0.05, 0.1) is 17.5 Å². The molecule has 0 aliphatic heterocycles. The van der Waals surface area contributed by atoms with Gasteiger partial charge in [-0.15, -0.1) is 0 Å². The van der Waals surface area contributed by atoms with Gasteiger partial charge < -0.3 is 27.0 Å². The maximum absolute atomic E-state index is 12.8. The van der Waals surface area contributed by atoms with Crippen molar-refractivity contribution in [3.8, 4) is 0 Å². The van der Waals surface area contributed by atoms with E-state index in [0.29, 0.717) is 24.8 Å². The van der Waals surface area contributed by atoms with Crippen LogP contribution in [0.4, 0.5) is 0 Å². The Labute approximate surface area is 189 Å². The number of aliphatic hydroxyl groups is 1. The van der Waals surface area contributed by atoms with Crippen molar-refractivity contribution in [3.63, 3.8) is 0 Å². The Kier molecular flexibility index (Phi) is 5.37. The highest BCUT2D eigenvalue weighted by Gasteiger charge is 2.75. The van der Waals surface area contributed by atoms with Gasteiger partial charge in [0.2, 0.25) is 0 Å². The first-order valence-electron chi connectivity index (χ1n) is 11.5. The van der Waals surface area contributed by atoms with Gasteiger partial charge in [0.15, 0.2) is 0 Å². The van der Waals surface area contributed by atoms with Gasteiger partial charge in [-0.3, -0.25) is 4.79 Å². The van der Waals surface area contributed by atoms with E-state index >= 15 is 0 Å². The number of halogens is 1. The van der Waals surface area contributed by atoms with Gasteiger partial charge in [-0.05, 0) is 76.0 Å². The predicted octanol–water partition coefficient (Wildman–Crippen LogP) is 2.23. The highest BCUT2D eigenvalue weighted by Crippen LogP contribution is 2.70. The van der Waals surface area contributed by atoms with Crippen LogP contribution in [0.15, 0.2) is 0 Å². The molecule has 0 spiro atoms. The maximum Gasteiger partial charge on any atom is 0.147 e. The minimum atomic E-state index is -0.778. The quantitative estimate of drug-likeness (QED) is 0.452. The summed E-state index contributed by atoms with van der Waals surface area (Å²) in [5.74, 6) is 0.340. The number of fused-ring (bicyclic) bond motifs is 5. The van der Waals surface area contributed by atoms with Crippen molar-refractivity contribution in [1.29, 1.82) is 0 Å². The lowest BCUT2D eigenvalue weighted by molar-refractivity contribution is -0.201. The Morgan fingerprint density at radius 2 is 1.73 bits per heavy atom. The molecular formula is C23H40BrN3O3. The molecule has 0 aromatic rings. The molecule has 4 fully saturated rings. The molecule has 0 radical (unpaired) electrons. The zero-order valence-corrected chi connectivity index (χ0v) is 20.4. The lowest BCUT2D eigenvalue weighted by atomic mass is 9.36. The first-order chi connectivity index (χ1) is 13.8. The lowest BCUT2D eigenvalue weighted by Crippen LogP contribution is -2.84. The molecule has 7 heteroatoms. The second-order valence-electron chi connectivity index (χ2n) is 11.6. The topological polar surface area (TPSA) is 125 Å². The molecule has 4 saturated carbocycles. The van der Waals surface area contributed by atoms with Gasteiger partial charge in [0, 0.05) is 35.1 Å². The summed E-state index contributed by atoms with van der Waals surface area (Å²) >= 11 is 3.38. The summed E-state index contributed by atoms with van der Waals surface area (Å²) in [5, 5.41) is 11.3. The average molecular weight is 486 g/mol. The molecule has 0 aromatic carbocycles. The predicted molar refractivity (Wildman–Crippen MR) is 121 cm³/mol. The van der Waals surface area contributed by atoms with E-state index in [9.17, 15) is 9.90 Å². The first-order valence-corrected chi connectivity index (χ1v) is 12.6. The van der Waals surface area contributed by atoms with Crippen molar-refractivity contribution >= 4 is 21.7 Å². The number of alkyl halides is 1. The summed E-state index contributed by atoms with van der Waals surface area (Å²) in [4.78, 5) is 12.8. The van der Waals surface area contributed by atoms with Crippen molar-refractivity contribution in [2.24, 2.45) is 39.9 Å². The van der Waals surface area contributed by atoms with Crippen LogP contribution >= 0.6 is 15.9 Å². The fourth-order valence-electron chi connectivity index (χ4n) is 8.78. The van der Waals surface area contributed by atoms with Gasteiger partial charge in [-0.25, -0.2) is 0 Å². The standard InChI is InChI=1S/C23H40BrN3O3/c1-18(29)8-10-20(14-30-3)21(25,13-18)6-5-17-22(26)7-4-15(16(28)12-24)19(22,2)9-11-23(17,20)27/h15,17,29H,4-14,25-27H2,1-3H3/t15-,17?,18-,19-,20?,21-,22-,23-/m1/s1. The SMILES string of the molecule is COCC12CC[C@@](C)(O)C[C@]1(N)CCC1[C@]2(N)CC[C@]2(C)[C@@H](C(=O)CBr)CC[C@@]12N. The third-order valence-electron chi connectivity index (χ3n) is 10.4. The monoisotopic (exact) mass is 485 g/mol. The Morgan fingerprint density at radius 1 is 1.03 bits per heavy atom. The first kappa shape index (κ1) is 23.1. The number of methoxy groups -OCH3 is 1. The number of rotatable bonds is 4. The summed E-state index contributed by atoms with van der Waals surface area (Å²) < 4.78 is 5.79. The van der Waals surface area contributed by atoms with Crippen LogP contribution in [0, 0.1) is 22.7 Å². The molecule has 172 valence electrons. The van der Waals surface area contributed by atoms with Crippen LogP contribution < -0.4 is 17.2 Å². The van der Waals surface area contributed by atoms with Gasteiger partial charge in [-0.1, -0.05) is 22.9 Å². The van der Waals surface area contributed by atoms with Crippen LogP contribution in [0.1, 0.15) is 71.6 Å². The fraction of sp³-hybridized carbons (Fsp3) is 0.957. The number of nitrogens with two attached hydrogens (primary N) is 3. The number of Topliss-reactive ketones (excluding diaryl/α,β-unsaturated/α-hetero) is 1. The minimum absolute atomic E-state index is 0.0125. The third-order valence-corrected chi connectivity index (χ3v) is 11.0. The van der Waals surface area contributed by atoms with E-state index in [1.807, 2.05) is 6.92 Å². The Hall–Kier alpha value is -0.0500. The van der Waals surface area contributed by atoms with Crippen LogP contribution in [0.5, 0.6) is 0 Å². The largest absolute Gasteiger partial charge is 0.390 e. The number of hydrogen-bond acceptors (Lipinski definition) is 6.